The van der Waals surface area contributed by atoms with E-state index in [1.165, 1.54) is 11.3 Å². The van der Waals surface area contributed by atoms with E-state index in [2.05, 4.69) is 28.2 Å². The maximum Gasteiger partial charge on any atom is 0.269 e. The number of aryl methyl sites for hydroxylation is 2. The molecule has 0 aliphatic carbocycles. The number of amides is 1. The van der Waals surface area contributed by atoms with Crippen molar-refractivity contribution in [1.29, 1.82) is 0 Å². The van der Waals surface area contributed by atoms with Crippen LogP contribution < -0.4 is 10.2 Å². The van der Waals surface area contributed by atoms with Crippen LogP contribution in [0.15, 0.2) is 36.4 Å². The predicted molar refractivity (Wildman–Crippen MR) is 97.8 cm³/mol. The molecule has 1 unspecified atom stereocenters. The smallest absolute Gasteiger partial charge is 0.269 e. The molecule has 0 spiro atoms. The number of hydrogen-bond acceptors (Lipinski definition) is 3. The average Bonchev–Trinajstić information content (AvgIpc) is 3.03. The predicted octanol–water partition coefficient (Wildman–Crippen LogP) is 3.61. The lowest BCUT2D eigenvalue weighted by atomic mass is 10.1. The van der Waals surface area contributed by atoms with Gasteiger partial charge in [-0.3, -0.25) is 4.79 Å². The van der Waals surface area contributed by atoms with Crippen molar-refractivity contribution >= 4 is 23.2 Å². The lowest BCUT2D eigenvalue weighted by molar-refractivity contribution is 0.0943. The highest BCUT2D eigenvalue weighted by Crippen LogP contribution is 2.29. The first kappa shape index (κ1) is 16.8. The molecule has 4 nitrogen and oxygen atoms in total. The summed E-state index contributed by atoms with van der Waals surface area (Å²) in [6.07, 6.45) is 1.06. The molecule has 1 N–H and O–H groups in total. The van der Waals surface area contributed by atoms with Gasteiger partial charge < -0.3 is 10.2 Å². The molecule has 2 heterocycles. The van der Waals surface area contributed by atoms with Crippen LogP contribution in [-0.2, 0) is 0 Å². The van der Waals surface area contributed by atoms with E-state index >= 15 is 0 Å². The summed E-state index contributed by atoms with van der Waals surface area (Å²) in [6.45, 7) is 6.58. The van der Waals surface area contributed by atoms with Crippen LogP contribution in [-0.4, -0.2) is 30.5 Å². The number of halogens is 1. The standard InChI is InChI=1S/C19H22ClN3O/c1-13-6-7-16(20)10-18(13)23-9-8-15(12-23)11-21-19(24)17-5-3-4-14(2)22-17/h3-7,10,15H,8-9,11-12H2,1-2H3,(H,21,24). The van der Waals surface area contributed by atoms with Crippen LogP contribution in [0.2, 0.25) is 5.02 Å². The number of pyridine rings is 1. The van der Waals surface area contributed by atoms with Gasteiger partial charge in [0.05, 0.1) is 0 Å². The highest BCUT2D eigenvalue weighted by Gasteiger charge is 2.24. The molecule has 0 bridgehead atoms. The van der Waals surface area contributed by atoms with Gasteiger partial charge in [0.1, 0.15) is 5.69 Å². The Kier molecular flexibility index (Phi) is 5.05. The van der Waals surface area contributed by atoms with Crippen molar-refractivity contribution in [2.24, 2.45) is 5.92 Å². The number of rotatable bonds is 4. The molecule has 0 saturated carbocycles. The average molecular weight is 344 g/mol. The molecule has 0 radical (unpaired) electrons. The third kappa shape index (κ3) is 3.88. The minimum absolute atomic E-state index is 0.101. The van der Waals surface area contributed by atoms with Crippen molar-refractivity contribution in [1.82, 2.24) is 10.3 Å². The van der Waals surface area contributed by atoms with Crippen LogP contribution >= 0.6 is 11.6 Å². The molecule has 1 aromatic carbocycles. The molecule has 2 aromatic rings. The number of carbonyl (C=O) groups is 1. The second kappa shape index (κ2) is 7.22. The molecule has 24 heavy (non-hydrogen) atoms. The van der Waals surface area contributed by atoms with E-state index in [1.54, 1.807) is 6.07 Å². The van der Waals surface area contributed by atoms with Gasteiger partial charge in [0.2, 0.25) is 0 Å². The summed E-state index contributed by atoms with van der Waals surface area (Å²) in [5.74, 6) is 0.341. The molecule has 1 aromatic heterocycles. The highest BCUT2D eigenvalue weighted by molar-refractivity contribution is 6.30. The second-order valence-electron chi connectivity index (χ2n) is 6.41. The van der Waals surface area contributed by atoms with Gasteiger partial charge in [-0.1, -0.05) is 23.7 Å². The van der Waals surface area contributed by atoms with E-state index in [9.17, 15) is 4.79 Å². The van der Waals surface area contributed by atoms with Gasteiger partial charge in [-0.05, 0) is 56.0 Å². The van der Waals surface area contributed by atoms with Gasteiger partial charge in [-0.2, -0.15) is 0 Å². The summed E-state index contributed by atoms with van der Waals surface area (Å²) in [5, 5.41) is 3.77. The zero-order valence-corrected chi connectivity index (χ0v) is 14.8. The third-order valence-corrected chi connectivity index (χ3v) is 4.71. The van der Waals surface area contributed by atoms with Crippen LogP contribution in [0.25, 0.3) is 0 Å². The van der Waals surface area contributed by atoms with E-state index in [0.29, 0.717) is 18.2 Å². The maximum absolute atomic E-state index is 12.2. The number of anilines is 1. The monoisotopic (exact) mass is 343 g/mol. The Labute approximate surface area is 147 Å². The largest absolute Gasteiger partial charge is 0.371 e. The van der Waals surface area contributed by atoms with Crippen LogP contribution in [0.1, 0.15) is 28.2 Å². The molecular weight excluding hydrogens is 322 g/mol. The first-order valence-corrected chi connectivity index (χ1v) is 8.63. The Morgan fingerprint density at radius 2 is 2.17 bits per heavy atom. The summed E-state index contributed by atoms with van der Waals surface area (Å²) in [4.78, 5) is 18.8. The zero-order chi connectivity index (χ0) is 17.1. The quantitative estimate of drug-likeness (QED) is 0.922. The third-order valence-electron chi connectivity index (χ3n) is 4.47. The van der Waals surface area contributed by atoms with E-state index in [1.807, 2.05) is 31.2 Å². The van der Waals surface area contributed by atoms with E-state index < -0.39 is 0 Å². The van der Waals surface area contributed by atoms with Gasteiger partial charge in [-0.15, -0.1) is 0 Å². The maximum atomic E-state index is 12.2. The lowest BCUT2D eigenvalue weighted by Crippen LogP contribution is -2.31. The van der Waals surface area contributed by atoms with Gasteiger partial charge in [0, 0.05) is 36.0 Å². The first-order chi connectivity index (χ1) is 11.5. The summed E-state index contributed by atoms with van der Waals surface area (Å²) in [6, 6.07) is 11.5. The van der Waals surface area contributed by atoms with Crippen molar-refractivity contribution in [3.05, 3.63) is 58.4 Å². The minimum Gasteiger partial charge on any atom is -0.371 e. The molecule has 3 rings (SSSR count). The van der Waals surface area contributed by atoms with Crippen molar-refractivity contribution in [3.8, 4) is 0 Å². The van der Waals surface area contributed by atoms with Gasteiger partial charge in [0.15, 0.2) is 0 Å². The number of aromatic nitrogens is 1. The topological polar surface area (TPSA) is 45.2 Å². The molecule has 1 atom stereocenters. The fraction of sp³-hybridized carbons (Fsp3) is 0.368. The van der Waals surface area contributed by atoms with E-state index in [0.717, 1.165) is 30.2 Å². The van der Waals surface area contributed by atoms with Crippen molar-refractivity contribution < 1.29 is 4.79 Å². The molecule has 1 aliphatic heterocycles. The molecule has 1 fully saturated rings. The minimum atomic E-state index is -0.101. The van der Waals surface area contributed by atoms with Crippen LogP contribution in [0.3, 0.4) is 0 Å². The van der Waals surface area contributed by atoms with E-state index in [-0.39, 0.29) is 5.91 Å². The Hall–Kier alpha value is -2.07. The SMILES string of the molecule is Cc1cccc(C(=O)NCC2CCN(c3cc(Cl)ccc3C)C2)n1. The summed E-state index contributed by atoms with van der Waals surface area (Å²) in [7, 11) is 0. The fourth-order valence-electron chi connectivity index (χ4n) is 3.14. The fourth-order valence-corrected chi connectivity index (χ4v) is 3.30. The van der Waals surface area contributed by atoms with Crippen molar-refractivity contribution in [3.63, 3.8) is 0 Å². The van der Waals surface area contributed by atoms with Crippen LogP contribution in [0, 0.1) is 19.8 Å². The second-order valence-corrected chi connectivity index (χ2v) is 6.84. The Bertz CT molecular complexity index is 747. The Balaban J connectivity index is 1.57. The zero-order valence-electron chi connectivity index (χ0n) is 14.1. The van der Waals surface area contributed by atoms with Gasteiger partial charge >= 0.3 is 0 Å². The van der Waals surface area contributed by atoms with Crippen molar-refractivity contribution in [2.45, 2.75) is 20.3 Å². The Morgan fingerprint density at radius 1 is 1.33 bits per heavy atom. The molecule has 126 valence electrons. The lowest BCUT2D eigenvalue weighted by Gasteiger charge is -2.21. The van der Waals surface area contributed by atoms with Crippen LogP contribution in [0.5, 0.6) is 0 Å². The van der Waals surface area contributed by atoms with Gasteiger partial charge in [0.25, 0.3) is 5.91 Å². The molecule has 5 heteroatoms. The normalized spacial score (nSPS) is 17.1. The number of nitrogens with one attached hydrogen (secondary N) is 1. The van der Waals surface area contributed by atoms with Gasteiger partial charge in [-0.25, -0.2) is 4.98 Å². The molecule has 1 saturated heterocycles. The first-order valence-electron chi connectivity index (χ1n) is 8.26. The molecule has 1 aliphatic rings. The molecular formula is C19H22ClN3O. The van der Waals surface area contributed by atoms with E-state index in [4.69, 9.17) is 11.6 Å². The molecule has 1 amide bonds. The summed E-state index contributed by atoms with van der Waals surface area (Å²) < 4.78 is 0. The van der Waals surface area contributed by atoms with Crippen LogP contribution in [0.4, 0.5) is 5.69 Å². The van der Waals surface area contributed by atoms with Crippen molar-refractivity contribution in [2.75, 3.05) is 24.5 Å². The highest BCUT2D eigenvalue weighted by atomic mass is 35.5. The Morgan fingerprint density at radius 3 is 2.96 bits per heavy atom. The number of nitrogens with zero attached hydrogens (tertiary/aromatic N) is 2. The summed E-state index contributed by atoms with van der Waals surface area (Å²) >= 11 is 6.12. The summed E-state index contributed by atoms with van der Waals surface area (Å²) in [5.41, 5.74) is 3.76. The number of carbonyl (C=O) groups excluding carboxylic acids is 1. The number of benzene rings is 1. The number of hydrogen-bond donors (Lipinski definition) is 1.